The van der Waals surface area contributed by atoms with Crippen molar-refractivity contribution in [3.05, 3.63) is 83.6 Å². The van der Waals surface area contributed by atoms with Gasteiger partial charge in [-0.05, 0) is 42.8 Å². The molecule has 150 valence electrons. The fraction of sp³-hybridized carbons (Fsp3) is 0.136. The Kier molecular flexibility index (Phi) is 4.20. The van der Waals surface area contributed by atoms with Crippen molar-refractivity contribution in [1.29, 1.82) is 0 Å². The number of halogens is 2. The Balaban J connectivity index is 1.68. The van der Waals surface area contributed by atoms with Crippen LogP contribution in [0.2, 0.25) is 0 Å². The van der Waals surface area contributed by atoms with Crippen LogP contribution in [0.4, 0.5) is 14.6 Å². The number of allylic oxidation sites excluding steroid dienone is 2. The van der Waals surface area contributed by atoms with Crippen LogP contribution in [0.3, 0.4) is 0 Å². The Morgan fingerprint density at radius 3 is 2.73 bits per heavy atom. The van der Waals surface area contributed by atoms with Crippen molar-refractivity contribution < 1.29 is 13.5 Å². The third-order valence-electron chi connectivity index (χ3n) is 5.26. The van der Waals surface area contributed by atoms with Gasteiger partial charge in [-0.25, -0.2) is 23.7 Å². The number of rotatable bonds is 3. The highest BCUT2D eigenvalue weighted by Gasteiger charge is 2.28. The van der Waals surface area contributed by atoms with Crippen molar-refractivity contribution in [3.63, 3.8) is 0 Å². The van der Waals surface area contributed by atoms with Gasteiger partial charge in [0.25, 0.3) is 0 Å². The molecule has 2 aromatic heterocycles. The molecule has 1 aliphatic heterocycles. The van der Waals surface area contributed by atoms with E-state index in [1.165, 1.54) is 30.6 Å². The zero-order chi connectivity index (χ0) is 20.8. The minimum Gasteiger partial charge on any atom is -0.459 e. The number of aromatic nitrogens is 4. The van der Waals surface area contributed by atoms with Crippen molar-refractivity contribution in [2.45, 2.75) is 19.4 Å². The first-order valence-corrected chi connectivity index (χ1v) is 9.39. The monoisotopic (exact) mass is 405 g/mol. The van der Waals surface area contributed by atoms with E-state index in [9.17, 15) is 8.78 Å². The van der Waals surface area contributed by atoms with Crippen LogP contribution in [0.1, 0.15) is 24.1 Å². The molecule has 1 aliphatic rings. The van der Waals surface area contributed by atoms with Gasteiger partial charge in [-0.15, -0.1) is 0 Å². The first-order valence-electron chi connectivity index (χ1n) is 9.39. The number of hydrogen-bond donors (Lipinski definition) is 1. The number of fused-ring (bicyclic) bond motifs is 2. The first-order chi connectivity index (χ1) is 14.5. The quantitative estimate of drug-likeness (QED) is 0.550. The fourth-order valence-electron chi connectivity index (χ4n) is 3.78. The van der Waals surface area contributed by atoms with Gasteiger partial charge in [-0.1, -0.05) is 12.1 Å². The Hall–Kier alpha value is -3.81. The SMILES string of the molecule is CC(C1=C(c2cccc(F)c2)Cc2cc(F)ccc2O1)n1cnc2c(N)ncnc21. The predicted molar refractivity (Wildman–Crippen MR) is 108 cm³/mol. The highest BCUT2D eigenvalue weighted by Crippen LogP contribution is 2.40. The molecule has 1 unspecified atom stereocenters. The fourth-order valence-corrected chi connectivity index (χ4v) is 3.78. The van der Waals surface area contributed by atoms with Crippen LogP contribution in [0.25, 0.3) is 16.7 Å². The van der Waals surface area contributed by atoms with Crippen molar-refractivity contribution in [3.8, 4) is 5.75 Å². The van der Waals surface area contributed by atoms with E-state index in [2.05, 4.69) is 15.0 Å². The molecule has 3 heterocycles. The molecular weight excluding hydrogens is 388 g/mol. The van der Waals surface area contributed by atoms with E-state index in [0.29, 0.717) is 40.2 Å². The van der Waals surface area contributed by atoms with Crippen LogP contribution in [-0.2, 0) is 6.42 Å². The molecule has 0 saturated heterocycles. The predicted octanol–water partition coefficient (Wildman–Crippen LogP) is 4.29. The number of nitrogen functional groups attached to an aromatic ring is 1. The molecule has 0 fully saturated rings. The summed E-state index contributed by atoms with van der Waals surface area (Å²) in [4.78, 5) is 12.6. The summed E-state index contributed by atoms with van der Waals surface area (Å²) in [6.07, 6.45) is 3.41. The number of ether oxygens (including phenoxy) is 1. The van der Waals surface area contributed by atoms with Gasteiger partial charge in [0.05, 0.1) is 12.4 Å². The lowest BCUT2D eigenvalue weighted by molar-refractivity contribution is 0.348. The first kappa shape index (κ1) is 18.2. The molecule has 8 heteroatoms. The maximum atomic E-state index is 14.0. The van der Waals surface area contributed by atoms with E-state index >= 15 is 0 Å². The van der Waals surface area contributed by atoms with Gasteiger partial charge in [0.15, 0.2) is 11.5 Å². The van der Waals surface area contributed by atoms with Crippen molar-refractivity contribution >= 4 is 22.6 Å². The van der Waals surface area contributed by atoms with Crippen molar-refractivity contribution in [2.75, 3.05) is 5.73 Å². The normalized spacial score (nSPS) is 14.5. The minimum absolute atomic E-state index is 0.288. The van der Waals surface area contributed by atoms with E-state index in [0.717, 1.165) is 5.57 Å². The second-order valence-corrected chi connectivity index (χ2v) is 7.14. The number of benzene rings is 2. The maximum Gasteiger partial charge on any atom is 0.166 e. The van der Waals surface area contributed by atoms with Crippen LogP contribution in [0.5, 0.6) is 5.75 Å². The third kappa shape index (κ3) is 2.97. The molecule has 0 saturated carbocycles. The van der Waals surface area contributed by atoms with Crippen LogP contribution < -0.4 is 10.5 Å². The number of hydrogen-bond acceptors (Lipinski definition) is 5. The largest absolute Gasteiger partial charge is 0.459 e. The maximum absolute atomic E-state index is 14.0. The van der Waals surface area contributed by atoms with E-state index < -0.39 is 0 Å². The number of nitrogens with zero attached hydrogens (tertiary/aromatic N) is 4. The average Bonchev–Trinajstić information content (AvgIpc) is 3.18. The molecule has 0 spiro atoms. The summed E-state index contributed by atoms with van der Waals surface area (Å²) in [5.74, 6) is 0.759. The summed E-state index contributed by atoms with van der Waals surface area (Å²) in [5, 5.41) is 0. The minimum atomic E-state index is -0.356. The van der Waals surface area contributed by atoms with E-state index in [4.69, 9.17) is 10.5 Å². The van der Waals surface area contributed by atoms with Gasteiger partial charge in [0, 0.05) is 17.6 Å². The lowest BCUT2D eigenvalue weighted by Gasteiger charge is -2.28. The van der Waals surface area contributed by atoms with Gasteiger partial charge < -0.3 is 15.0 Å². The summed E-state index contributed by atoms with van der Waals surface area (Å²) in [6.45, 7) is 1.93. The molecule has 5 rings (SSSR count). The molecule has 2 aromatic carbocycles. The Morgan fingerprint density at radius 1 is 1.07 bits per heavy atom. The standard InChI is InChI=1S/C22H17F2N5O/c1-12(29-11-28-19-21(25)26-10-27-22(19)29)20-17(13-3-2-4-15(23)7-13)9-14-8-16(24)5-6-18(14)30-20/h2-8,10-12H,9H2,1H3,(H2,25,26,27). The summed E-state index contributed by atoms with van der Waals surface area (Å²) in [7, 11) is 0. The van der Waals surface area contributed by atoms with Crippen LogP contribution in [-0.4, -0.2) is 19.5 Å². The highest BCUT2D eigenvalue weighted by molar-refractivity contribution is 5.81. The van der Waals surface area contributed by atoms with Crippen LogP contribution >= 0.6 is 0 Å². The van der Waals surface area contributed by atoms with Gasteiger partial charge in [0.2, 0.25) is 0 Å². The second-order valence-electron chi connectivity index (χ2n) is 7.14. The summed E-state index contributed by atoms with van der Waals surface area (Å²) >= 11 is 0. The lowest BCUT2D eigenvalue weighted by atomic mass is 9.92. The van der Waals surface area contributed by atoms with Crippen LogP contribution in [0.15, 0.2) is 60.9 Å². The molecule has 6 nitrogen and oxygen atoms in total. The number of nitrogens with two attached hydrogens (primary N) is 1. The smallest absolute Gasteiger partial charge is 0.166 e. The molecular formula is C22H17F2N5O. The molecule has 2 N–H and O–H groups in total. The Bertz CT molecular complexity index is 1310. The van der Waals surface area contributed by atoms with Crippen molar-refractivity contribution in [1.82, 2.24) is 19.5 Å². The summed E-state index contributed by atoms with van der Waals surface area (Å²) < 4.78 is 35.8. The molecule has 0 radical (unpaired) electrons. The Labute approximate surface area is 170 Å². The van der Waals surface area contributed by atoms with Crippen LogP contribution in [0, 0.1) is 11.6 Å². The zero-order valence-corrected chi connectivity index (χ0v) is 16.0. The summed E-state index contributed by atoms with van der Waals surface area (Å²) in [6, 6.07) is 10.3. The molecule has 0 bridgehead atoms. The molecule has 30 heavy (non-hydrogen) atoms. The van der Waals surface area contributed by atoms with E-state index in [1.807, 2.05) is 17.6 Å². The highest BCUT2D eigenvalue weighted by atomic mass is 19.1. The molecule has 0 aliphatic carbocycles. The Morgan fingerprint density at radius 2 is 1.90 bits per heavy atom. The topological polar surface area (TPSA) is 78.9 Å². The molecule has 4 aromatic rings. The average molecular weight is 405 g/mol. The lowest BCUT2D eigenvalue weighted by Crippen LogP contribution is -2.19. The summed E-state index contributed by atoms with van der Waals surface area (Å²) in [5.41, 5.74) is 9.11. The number of anilines is 1. The van der Waals surface area contributed by atoms with E-state index in [1.54, 1.807) is 18.5 Å². The van der Waals surface area contributed by atoms with Gasteiger partial charge in [0.1, 0.15) is 35.0 Å². The van der Waals surface area contributed by atoms with Crippen molar-refractivity contribution in [2.24, 2.45) is 0 Å². The van der Waals surface area contributed by atoms with E-state index in [-0.39, 0.29) is 23.5 Å². The van der Waals surface area contributed by atoms with Gasteiger partial charge in [-0.2, -0.15) is 0 Å². The number of imidazole rings is 1. The molecule has 0 amide bonds. The van der Waals surface area contributed by atoms with Gasteiger partial charge in [-0.3, -0.25) is 0 Å². The van der Waals surface area contributed by atoms with Gasteiger partial charge >= 0.3 is 0 Å². The third-order valence-corrected chi connectivity index (χ3v) is 5.26. The zero-order valence-electron chi connectivity index (χ0n) is 16.0. The molecule has 1 atom stereocenters. The second kappa shape index (κ2) is 6.91.